The minimum atomic E-state index is -0.350. The van der Waals surface area contributed by atoms with E-state index in [0.29, 0.717) is 34.7 Å². The van der Waals surface area contributed by atoms with E-state index in [1.165, 1.54) is 44.9 Å². The van der Waals surface area contributed by atoms with Gasteiger partial charge in [-0.2, -0.15) is 0 Å². The van der Waals surface area contributed by atoms with Crippen LogP contribution in [-0.4, -0.2) is 40.9 Å². The number of nitrogens with zero attached hydrogens (tertiary/aromatic N) is 1. The van der Waals surface area contributed by atoms with Crippen molar-refractivity contribution in [1.82, 2.24) is 4.90 Å². The number of hydrogen-bond donors (Lipinski definition) is 1. The van der Waals surface area contributed by atoms with Gasteiger partial charge in [0.1, 0.15) is 5.72 Å². The molecule has 1 spiro atoms. The molecule has 4 aliphatic carbocycles. The summed E-state index contributed by atoms with van der Waals surface area (Å²) in [6, 6.07) is 0. The molecule has 4 nitrogen and oxygen atoms in total. The molecular weight excluding hydrogens is 398 g/mol. The van der Waals surface area contributed by atoms with Crippen LogP contribution in [0.5, 0.6) is 0 Å². The van der Waals surface area contributed by atoms with Gasteiger partial charge in [-0.3, -0.25) is 4.79 Å². The Balaban J connectivity index is 1.28. The average molecular weight is 444 g/mol. The second-order valence-corrected chi connectivity index (χ2v) is 13.6. The van der Waals surface area contributed by atoms with Crippen molar-refractivity contribution in [2.75, 3.05) is 6.54 Å². The third-order valence-corrected chi connectivity index (χ3v) is 12.4. The molecule has 4 heteroatoms. The third-order valence-electron chi connectivity index (χ3n) is 12.4. The fraction of sp³-hybridized carbons (Fsp3) is 0.964. The van der Waals surface area contributed by atoms with Gasteiger partial charge in [0.25, 0.3) is 0 Å². The highest BCUT2D eigenvalue weighted by Crippen LogP contribution is 2.71. The zero-order chi connectivity index (χ0) is 22.5. The third kappa shape index (κ3) is 2.72. The Hall–Kier alpha value is -0.610. The number of piperidine rings is 1. The van der Waals surface area contributed by atoms with Gasteiger partial charge >= 0.3 is 0 Å². The van der Waals surface area contributed by atoms with Crippen molar-refractivity contribution in [1.29, 1.82) is 0 Å². The minimum absolute atomic E-state index is 0.0614. The van der Waals surface area contributed by atoms with E-state index in [4.69, 9.17) is 4.74 Å². The predicted octanol–water partition coefficient (Wildman–Crippen LogP) is 5.24. The van der Waals surface area contributed by atoms with Crippen molar-refractivity contribution in [2.24, 2.45) is 52.3 Å². The summed E-state index contributed by atoms with van der Waals surface area (Å²) in [5.74, 6) is 4.74. The number of carbonyl (C=O) groups is 1. The van der Waals surface area contributed by atoms with Crippen LogP contribution in [0.2, 0.25) is 0 Å². The summed E-state index contributed by atoms with van der Waals surface area (Å²) in [7, 11) is 0. The van der Waals surface area contributed by atoms with Gasteiger partial charge in [-0.25, -0.2) is 0 Å². The van der Waals surface area contributed by atoms with Crippen LogP contribution >= 0.6 is 0 Å². The van der Waals surface area contributed by atoms with E-state index < -0.39 is 0 Å². The molecular formula is C28H45NO3. The monoisotopic (exact) mass is 443 g/mol. The van der Waals surface area contributed by atoms with Gasteiger partial charge in [-0.05, 0) is 111 Å². The number of ether oxygens (including phenoxy) is 1. The molecule has 6 rings (SSSR count). The molecule has 4 saturated carbocycles. The van der Waals surface area contributed by atoms with Gasteiger partial charge in [0.2, 0.25) is 6.41 Å². The Morgan fingerprint density at radius 2 is 1.72 bits per heavy atom. The maximum Gasteiger partial charge on any atom is 0.211 e. The van der Waals surface area contributed by atoms with Crippen molar-refractivity contribution in [2.45, 2.75) is 110 Å². The fourth-order valence-electron chi connectivity index (χ4n) is 10.9. The van der Waals surface area contributed by atoms with E-state index >= 15 is 0 Å². The number of amides is 1. The van der Waals surface area contributed by atoms with Gasteiger partial charge in [0, 0.05) is 12.5 Å². The molecule has 0 radical (unpaired) electrons. The molecule has 6 aliphatic rings. The summed E-state index contributed by atoms with van der Waals surface area (Å²) in [6.07, 6.45) is 13.4. The number of likely N-dealkylation sites (tertiary alicyclic amines) is 1. The molecule has 1 N–H and O–H groups in total. The van der Waals surface area contributed by atoms with Gasteiger partial charge in [0.05, 0.1) is 12.2 Å². The van der Waals surface area contributed by atoms with Crippen LogP contribution in [0.25, 0.3) is 0 Å². The van der Waals surface area contributed by atoms with E-state index in [1.54, 1.807) is 0 Å². The number of fused-ring (bicyclic) bond motifs is 7. The van der Waals surface area contributed by atoms with Crippen LogP contribution in [-0.2, 0) is 9.53 Å². The van der Waals surface area contributed by atoms with Gasteiger partial charge in [-0.1, -0.05) is 27.7 Å². The second kappa shape index (κ2) is 7.20. The SMILES string of the molecule is C[C@H]1CC[C@@]2(OC3CC4C5CCC6C[C@@H](O)CC[C@]6(C)C5CC[C@]4(C)C3[C@@H]2C)N(C=O)C1. The Morgan fingerprint density at radius 3 is 2.50 bits per heavy atom. The lowest BCUT2D eigenvalue weighted by Crippen LogP contribution is -2.58. The first kappa shape index (κ1) is 21.9. The summed E-state index contributed by atoms with van der Waals surface area (Å²) in [5, 5.41) is 10.3. The molecule has 2 aliphatic heterocycles. The number of carbonyl (C=O) groups excluding carboxylic acids is 1. The highest BCUT2D eigenvalue weighted by molar-refractivity contribution is 5.49. The number of hydrogen-bond acceptors (Lipinski definition) is 3. The average Bonchev–Trinajstić information content (AvgIpc) is 3.21. The summed E-state index contributed by atoms with van der Waals surface area (Å²) < 4.78 is 7.02. The number of aliphatic hydroxyl groups is 1. The number of rotatable bonds is 1. The number of aliphatic hydroxyl groups excluding tert-OH is 1. The Bertz CT molecular complexity index is 772. The van der Waals surface area contributed by atoms with Crippen LogP contribution in [0.3, 0.4) is 0 Å². The Morgan fingerprint density at radius 1 is 0.938 bits per heavy atom. The van der Waals surface area contributed by atoms with E-state index in [2.05, 4.69) is 27.7 Å². The summed E-state index contributed by atoms with van der Waals surface area (Å²) in [4.78, 5) is 14.2. The van der Waals surface area contributed by atoms with E-state index in [-0.39, 0.29) is 11.8 Å². The van der Waals surface area contributed by atoms with E-state index in [0.717, 1.165) is 55.9 Å². The van der Waals surface area contributed by atoms with Crippen LogP contribution in [0.1, 0.15) is 91.9 Å². The smallest absolute Gasteiger partial charge is 0.211 e. The maximum absolute atomic E-state index is 12.1. The highest BCUT2D eigenvalue weighted by Gasteiger charge is 2.69. The first-order chi connectivity index (χ1) is 15.2. The predicted molar refractivity (Wildman–Crippen MR) is 125 cm³/mol. The fourth-order valence-corrected chi connectivity index (χ4v) is 10.9. The molecule has 1 amide bonds. The summed E-state index contributed by atoms with van der Waals surface area (Å²) >= 11 is 0. The molecule has 2 heterocycles. The van der Waals surface area contributed by atoms with Gasteiger partial charge in [0.15, 0.2) is 0 Å². The van der Waals surface area contributed by atoms with Crippen LogP contribution in [0.4, 0.5) is 0 Å². The molecule has 6 fully saturated rings. The van der Waals surface area contributed by atoms with Crippen molar-refractivity contribution in [3.8, 4) is 0 Å². The molecule has 12 atom stereocenters. The lowest BCUT2D eigenvalue weighted by molar-refractivity contribution is -0.194. The minimum Gasteiger partial charge on any atom is -0.393 e. The van der Waals surface area contributed by atoms with E-state index in [9.17, 15) is 9.90 Å². The first-order valence-corrected chi connectivity index (χ1v) is 13.8. The normalized spacial score (nSPS) is 59.3. The molecule has 2 saturated heterocycles. The van der Waals surface area contributed by atoms with Crippen molar-refractivity contribution in [3.63, 3.8) is 0 Å². The second-order valence-electron chi connectivity index (χ2n) is 13.6. The van der Waals surface area contributed by atoms with Gasteiger partial charge < -0.3 is 14.7 Å². The molecule has 0 bridgehead atoms. The Kier molecular flexibility index (Phi) is 4.92. The molecule has 180 valence electrons. The van der Waals surface area contributed by atoms with Crippen LogP contribution in [0, 0.1) is 52.3 Å². The lowest BCUT2D eigenvalue weighted by atomic mass is 9.44. The zero-order valence-corrected chi connectivity index (χ0v) is 20.8. The maximum atomic E-state index is 12.1. The largest absolute Gasteiger partial charge is 0.393 e. The molecule has 6 unspecified atom stereocenters. The molecule has 0 aromatic rings. The Labute approximate surface area is 194 Å². The van der Waals surface area contributed by atoms with Crippen LogP contribution in [0.15, 0.2) is 0 Å². The zero-order valence-electron chi connectivity index (χ0n) is 20.8. The van der Waals surface area contributed by atoms with Crippen molar-refractivity contribution in [3.05, 3.63) is 0 Å². The van der Waals surface area contributed by atoms with Crippen LogP contribution < -0.4 is 0 Å². The molecule has 0 aromatic heterocycles. The quantitative estimate of drug-likeness (QED) is 0.564. The van der Waals surface area contributed by atoms with Crippen molar-refractivity contribution < 1.29 is 14.6 Å². The molecule has 32 heavy (non-hydrogen) atoms. The standard InChI is InChI=1S/C28H45NO3/c1-17-7-12-28(29(15-17)16-30)18(2)25-24(32-28)14-23-21-6-5-19-13-20(31)8-10-26(19,3)22(21)9-11-27(23,25)4/h16-25,31H,5-15H2,1-4H3/t17-,18-,19?,20-,21?,22?,23?,24?,25?,26-,27-,28-/m0/s1. The first-order valence-electron chi connectivity index (χ1n) is 13.8. The summed E-state index contributed by atoms with van der Waals surface area (Å²) in [6.45, 7) is 10.7. The highest BCUT2D eigenvalue weighted by atomic mass is 16.5. The van der Waals surface area contributed by atoms with E-state index in [1.807, 2.05) is 4.90 Å². The topological polar surface area (TPSA) is 49.8 Å². The molecule has 0 aromatic carbocycles. The lowest BCUT2D eigenvalue weighted by Gasteiger charge is -2.61. The van der Waals surface area contributed by atoms with Gasteiger partial charge in [-0.15, -0.1) is 0 Å². The van der Waals surface area contributed by atoms with Crippen molar-refractivity contribution >= 4 is 6.41 Å². The summed E-state index contributed by atoms with van der Waals surface area (Å²) in [5.41, 5.74) is 0.435.